The molecule has 0 saturated heterocycles. The van der Waals surface area contributed by atoms with E-state index in [4.69, 9.17) is 26.8 Å². The maximum absolute atomic E-state index is 12.0. The standard InChI is InChI=1S/C20H20ClN5O3/c1-12-5-3-4-6-16(12)23-20-25-17(24-19(22)26-20)10-29-18(27)11-28-14-7-8-15(21)13(2)9-14/h3-9H,10-11H2,1-2H3,(H3,22,23,24,25,26). The van der Waals surface area contributed by atoms with Crippen molar-refractivity contribution in [2.45, 2.75) is 20.5 Å². The van der Waals surface area contributed by atoms with Crippen molar-refractivity contribution in [1.82, 2.24) is 15.0 Å². The molecule has 0 aliphatic rings. The van der Waals surface area contributed by atoms with Gasteiger partial charge >= 0.3 is 5.97 Å². The van der Waals surface area contributed by atoms with Gasteiger partial charge in [-0.05, 0) is 49.2 Å². The minimum absolute atomic E-state index is 0.0232. The molecule has 29 heavy (non-hydrogen) atoms. The lowest BCUT2D eigenvalue weighted by Gasteiger charge is -2.10. The molecule has 0 radical (unpaired) electrons. The van der Waals surface area contributed by atoms with Crippen LogP contribution in [0.1, 0.15) is 17.0 Å². The van der Waals surface area contributed by atoms with Gasteiger partial charge in [0.05, 0.1) is 0 Å². The van der Waals surface area contributed by atoms with Crippen LogP contribution in [0, 0.1) is 13.8 Å². The fourth-order valence-electron chi connectivity index (χ4n) is 2.43. The first-order chi connectivity index (χ1) is 13.9. The number of nitrogens with two attached hydrogens (primary N) is 1. The summed E-state index contributed by atoms with van der Waals surface area (Å²) in [6.45, 7) is 3.39. The van der Waals surface area contributed by atoms with Crippen LogP contribution in [0.2, 0.25) is 5.02 Å². The van der Waals surface area contributed by atoms with E-state index in [2.05, 4.69) is 20.3 Å². The van der Waals surface area contributed by atoms with Gasteiger partial charge in [-0.1, -0.05) is 29.8 Å². The molecule has 150 valence electrons. The monoisotopic (exact) mass is 413 g/mol. The number of nitrogens with zero attached hydrogens (tertiary/aromatic N) is 3. The van der Waals surface area contributed by atoms with Gasteiger partial charge in [0, 0.05) is 10.7 Å². The summed E-state index contributed by atoms with van der Waals surface area (Å²) < 4.78 is 10.6. The first-order valence-electron chi connectivity index (χ1n) is 8.78. The minimum atomic E-state index is -0.565. The van der Waals surface area contributed by atoms with Crippen LogP contribution in [0.4, 0.5) is 17.6 Å². The molecule has 3 aromatic rings. The minimum Gasteiger partial charge on any atom is -0.482 e. The number of aryl methyl sites for hydroxylation is 2. The highest BCUT2D eigenvalue weighted by molar-refractivity contribution is 6.31. The topological polar surface area (TPSA) is 112 Å². The average molecular weight is 414 g/mol. The normalized spacial score (nSPS) is 10.4. The highest BCUT2D eigenvalue weighted by Crippen LogP contribution is 2.21. The smallest absolute Gasteiger partial charge is 0.344 e. The average Bonchev–Trinajstić information content (AvgIpc) is 2.69. The highest BCUT2D eigenvalue weighted by atomic mass is 35.5. The maximum Gasteiger partial charge on any atom is 0.344 e. The highest BCUT2D eigenvalue weighted by Gasteiger charge is 2.10. The van der Waals surface area contributed by atoms with Gasteiger partial charge in [-0.25, -0.2) is 4.79 Å². The lowest BCUT2D eigenvalue weighted by molar-refractivity contribution is -0.147. The molecule has 0 atom stereocenters. The van der Waals surface area contributed by atoms with Crippen molar-refractivity contribution in [3.8, 4) is 5.75 Å². The number of ether oxygens (including phenoxy) is 2. The Morgan fingerprint density at radius 1 is 1.10 bits per heavy atom. The van der Waals surface area contributed by atoms with Crippen LogP contribution in [0.15, 0.2) is 42.5 Å². The van der Waals surface area contributed by atoms with Crippen LogP contribution in [0.5, 0.6) is 5.75 Å². The van der Waals surface area contributed by atoms with E-state index in [1.54, 1.807) is 18.2 Å². The molecule has 1 aromatic heterocycles. The number of rotatable bonds is 7. The Morgan fingerprint density at radius 2 is 1.90 bits per heavy atom. The molecule has 0 spiro atoms. The van der Waals surface area contributed by atoms with Crippen LogP contribution in [-0.4, -0.2) is 27.5 Å². The molecular formula is C20H20ClN5O3. The van der Waals surface area contributed by atoms with Gasteiger partial charge in [0.1, 0.15) is 5.75 Å². The zero-order chi connectivity index (χ0) is 20.8. The molecule has 3 N–H and O–H groups in total. The first-order valence-corrected chi connectivity index (χ1v) is 9.16. The predicted octanol–water partition coefficient (Wildman–Crippen LogP) is 3.59. The van der Waals surface area contributed by atoms with Crippen molar-refractivity contribution >= 4 is 35.2 Å². The van der Waals surface area contributed by atoms with E-state index < -0.39 is 5.97 Å². The largest absolute Gasteiger partial charge is 0.482 e. The molecule has 3 rings (SSSR count). The van der Waals surface area contributed by atoms with Crippen LogP contribution >= 0.6 is 11.6 Å². The number of hydrogen-bond acceptors (Lipinski definition) is 8. The molecule has 0 aliphatic heterocycles. The summed E-state index contributed by atoms with van der Waals surface area (Å²) >= 11 is 5.96. The fraction of sp³-hybridized carbons (Fsp3) is 0.200. The number of nitrogen functional groups attached to an aromatic ring is 1. The summed E-state index contributed by atoms with van der Waals surface area (Å²) in [4.78, 5) is 24.2. The molecule has 1 heterocycles. The van der Waals surface area contributed by atoms with E-state index in [1.807, 2.05) is 38.1 Å². The molecule has 2 aromatic carbocycles. The van der Waals surface area contributed by atoms with Crippen LogP contribution in [0.3, 0.4) is 0 Å². The zero-order valence-corrected chi connectivity index (χ0v) is 16.7. The third kappa shape index (κ3) is 5.79. The van der Waals surface area contributed by atoms with Gasteiger partial charge in [0.2, 0.25) is 11.9 Å². The molecule has 0 bridgehead atoms. The van der Waals surface area contributed by atoms with Crippen molar-refractivity contribution < 1.29 is 14.3 Å². The number of carbonyl (C=O) groups excluding carboxylic acids is 1. The first kappa shape index (κ1) is 20.3. The lowest BCUT2D eigenvalue weighted by Crippen LogP contribution is -2.16. The van der Waals surface area contributed by atoms with Gasteiger partial charge in [0.15, 0.2) is 19.0 Å². The predicted molar refractivity (Wildman–Crippen MR) is 110 cm³/mol. The number of halogens is 1. The number of nitrogens with one attached hydrogen (secondary N) is 1. The molecule has 0 fully saturated rings. The Morgan fingerprint density at radius 3 is 2.66 bits per heavy atom. The number of hydrogen-bond donors (Lipinski definition) is 2. The van der Waals surface area contributed by atoms with Crippen molar-refractivity contribution in [3.05, 3.63) is 64.4 Å². The van der Waals surface area contributed by atoms with Crippen LogP contribution in [-0.2, 0) is 16.1 Å². The molecule has 0 aliphatic carbocycles. The number of esters is 1. The van der Waals surface area contributed by atoms with Gasteiger partial charge < -0.3 is 20.5 Å². The quantitative estimate of drug-likeness (QED) is 0.565. The van der Waals surface area contributed by atoms with Crippen molar-refractivity contribution in [2.24, 2.45) is 0 Å². The van der Waals surface area contributed by atoms with Crippen molar-refractivity contribution in [3.63, 3.8) is 0 Å². The summed E-state index contributed by atoms with van der Waals surface area (Å²) in [6.07, 6.45) is 0. The SMILES string of the molecule is Cc1cc(OCC(=O)OCc2nc(N)nc(Nc3ccccc3C)n2)ccc1Cl. The van der Waals surface area contributed by atoms with Crippen molar-refractivity contribution in [1.29, 1.82) is 0 Å². The van der Waals surface area contributed by atoms with Gasteiger partial charge in [0.25, 0.3) is 0 Å². The summed E-state index contributed by atoms with van der Waals surface area (Å²) in [5.74, 6) is 0.480. The Bertz CT molecular complexity index is 1030. The molecule has 0 saturated carbocycles. The Hall–Kier alpha value is -3.39. The van der Waals surface area contributed by atoms with E-state index in [0.717, 1.165) is 16.8 Å². The van der Waals surface area contributed by atoms with E-state index in [9.17, 15) is 4.79 Å². The number of carbonyl (C=O) groups is 1. The molecule has 8 nitrogen and oxygen atoms in total. The molecule has 0 unspecified atom stereocenters. The summed E-state index contributed by atoms with van der Waals surface area (Å²) in [7, 11) is 0. The van der Waals surface area contributed by atoms with Gasteiger partial charge in [-0.2, -0.15) is 15.0 Å². The Labute approximate surface area is 173 Å². The summed E-state index contributed by atoms with van der Waals surface area (Å²) in [5, 5.41) is 3.71. The van der Waals surface area contributed by atoms with Gasteiger partial charge in [-0.15, -0.1) is 0 Å². The fourth-order valence-corrected chi connectivity index (χ4v) is 2.55. The second-order valence-corrected chi connectivity index (χ2v) is 6.64. The van der Waals surface area contributed by atoms with E-state index in [-0.39, 0.29) is 30.9 Å². The Balaban J connectivity index is 1.57. The second kappa shape index (κ2) is 9.20. The summed E-state index contributed by atoms with van der Waals surface area (Å²) in [5.41, 5.74) is 8.46. The van der Waals surface area contributed by atoms with E-state index in [1.165, 1.54) is 0 Å². The Kier molecular flexibility index (Phi) is 6.46. The third-order valence-electron chi connectivity index (χ3n) is 3.94. The third-order valence-corrected chi connectivity index (χ3v) is 4.36. The van der Waals surface area contributed by atoms with Gasteiger partial charge in [-0.3, -0.25) is 0 Å². The van der Waals surface area contributed by atoms with Crippen LogP contribution in [0.25, 0.3) is 0 Å². The maximum atomic E-state index is 12.0. The number of benzene rings is 2. The second-order valence-electron chi connectivity index (χ2n) is 6.23. The molecule has 9 heteroatoms. The number of anilines is 3. The van der Waals surface area contributed by atoms with Crippen molar-refractivity contribution in [2.75, 3.05) is 17.7 Å². The molecule has 0 amide bonds. The zero-order valence-electron chi connectivity index (χ0n) is 16.0. The van der Waals surface area contributed by atoms with E-state index in [0.29, 0.717) is 10.8 Å². The van der Waals surface area contributed by atoms with E-state index >= 15 is 0 Å². The van der Waals surface area contributed by atoms with Crippen LogP contribution < -0.4 is 15.8 Å². The summed E-state index contributed by atoms with van der Waals surface area (Å²) in [6, 6.07) is 12.8. The molecular weight excluding hydrogens is 394 g/mol. The number of aromatic nitrogens is 3. The lowest BCUT2D eigenvalue weighted by atomic mass is 10.2. The number of para-hydroxylation sites is 1.